The molecule has 3 heterocycles. The number of nitrogens with zero attached hydrogens (tertiary/aromatic N) is 4. The molecule has 0 aliphatic heterocycles. The first-order valence-corrected chi connectivity index (χ1v) is 12.2. The predicted molar refractivity (Wildman–Crippen MR) is 128 cm³/mol. The van der Waals surface area contributed by atoms with Gasteiger partial charge in [-0.15, -0.1) is 0 Å². The minimum absolute atomic E-state index is 0.549. The van der Waals surface area contributed by atoms with Gasteiger partial charge in [0.05, 0.1) is 22.2 Å². The van der Waals surface area contributed by atoms with Crippen LogP contribution in [0.3, 0.4) is 0 Å². The molecule has 162 valence electrons. The molecule has 1 N–H and O–H groups in total. The molecule has 0 aliphatic carbocycles. The van der Waals surface area contributed by atoms with E-state index in [1.54, 1.807) is 0 Å². The number of unbranched alkanes of at least 4 members (excludes halogenated alkanes) is 2. The molecule has 0 saturated heterocycles. The number of H-pyrrole nitrogens is 1. The molecular weight excluding hydrogens is 418 g/mol. The van der Waals surface area contributed by atoms with Crippen molar-refractivity contribution < 1.29 is 4.21 Å². The standard InChI is InChI=1S/C25H25N5OS/c31-32(19-9-3-8-16-29-17-14-22-26-15-18-30(22)29)25-27-23(20-10-4-1-5-11-20)24(28-25)21-12-6-2-7-13-21/h1-2,4-7,10-15,17-18H,3,8-9,16,19H2,(H,27,28). The van der Waals surface area contributed by atoms with E-state index in [1.165, 1.54) is 0 Å². The Labute approximate surface area is 189 Å². The zero-order chi connectivity index (χ0) is 21.8. The Morgan fingerprint density at radius 1 is 0.844 bits per heavy atom. The first-order valence-electron chi connectivity index (χ1n) is 10.9. The summed E-state index contributed by atoms with van der Waals surface area (Å²) in [5.41, 5.74) is 4.78. The van der Waals surface area contributed by atoms with Gasteiger partial charge in [-0.25, -0.2) is 14.5 Å². The van der Waals surface area contributed by atoms with Crippen molar-refractivity contribution in [2.24, 2.45) is 0 Å². The fourth-order valence-electron chi connectivity index (χ4n) is 3.91. The van der Waals surface area contributed by atoms with Gasteiger partial charge < -0.3 is 4.98 Å². The van der Waals surface area contributed by atoms with E-state index < -0.39 is 10.8 Å². The summed E-state index contributed by atoms with van der Waals surface area (Å²) in [6.45, 7) is 0.920. The summed E-state index contributed by atoms with van der Waals surface area (Å²) in [6, 6.07) is 22.2. The summed E-state index contributed by atoms with van der Waals surface area (Å²) in [6.07, 6.45) is 8.77. The van der Waals surface area contributed by atoms with Crippen molar-refractivity contribution in [1.29, 1.82) is 0 Å². The van der Waals surface area contributed by atoms with Gasteiger partial charge in [-0.1, -0.05) is 67.1 Å². The highest BCUT2D eigenvalue weighted by molar-refractivity contribution is 7.84. The van der Waals surface area contributed by atoms with Crippen molar-refractivity contribution in [2.75, 3.05) is 5.75 Å². The Kier molecular flexibility index (Phi) is 5.98. The van der Waals surface area contributed by atoms with Crippen LogP contribution in [-0.2, 0) is 17.3 Å². The monoisotopic (exact) mass is 443 g/mol. The average Bonchev–Trinajstić information content (AvgIpc) is 3.57. The number of aryl methyl sites for hydroxylation is 1. The van der Waals surface area contributed by atoms with E-state index in [4.69, 9.17) is 4.98 Å². The second-order valence-corrected chi connectivity index (χ2v) is 9.20. The summed E-state index contributed by atoms with van der Waals surface area (Å²) >= 11 is 0. The van der Waals surface area contributed by atoms with Gasteiger partial charge in [0.2, 0.25) is 0 Å². The van der Waals surface area contributed by atoms with Crippen LogP contribution in [0, 0.1) is 0 Å². The molecule has 0 bridgehead atoms. The molecule has 0 spiro atoms. The molecule has 2 aromatic carbocycles. The summed E-state index contributed by atoms with van der Waals surface area (Å²) < 4.78 is 17.2. The number of imidazole rings is 2. The molecule has 5 rings (SSSR count). The lowest BCUT2D eigenvalue weighted by Crippen LogP contribution is -2.05. The van der Waals surface area contributed by atoms with Gasteiger partial charge in [-0.05, 0) is 12.8 Å². The van der Waals surface area contributed by atoms with Crippen LogP contribution in [0.1, 0.15) is 19.3 Å². The van der Waals surface area contributed by atoms with Gasteiger partial charge in [0.1, 0.15) is 0 Å². The molecule has 0 fully saturated rings. The van der Waals surface area contributed by atoms with Gasteiger partial charge in [0, 0.05) is 48.1 Å². The topological polar surface area (TPSA) is 68.0 Å². The minimum atomic E-state index is -1.17. The van der Waals surface area contributed by atoms with Crippen LogP contribution in [-0.4, -0.2) is 34.1 Å². The van der Waals surface area contributed by atoms with E-state index in [2.05, 4.69) is 25.4 Å². The van der Waals surface area contributed by atoms with E-state index >= 15 is 0 Å². The van der Waals surface area contributed by atoms with Gasteiger partial charge in [-0.3, -0.25) is 8.89 Å². The maximum atomic E-state index is 13.0. The average molecular weight is 444 g/mol. The van der Waals surface area contributed by atoms with Crippen molar-refractivity contribution >= 4 is 16.4 Å². The van der Waals surface area contributed by atoms with E-state index in [1.807, 2.05) is 79.1 Å². The highest BCUT2D eigenvalue weighted by Crippen LogP contribution is 2.30. The number of benzene rings is 2. The zero-order valence-corrected chi connectivity index (χ0v) is 18.5. The van der Waals surface area contributed by atoms with Crippen LogP contribution < -0.4 is 0 Å². The second-order valence-electron chi connectivity index (χ2n) is 7.72. The first kappa shape index (κ1) is 20.5. The van der Waals surface area contributed by atoms with Gasteiger partial charge in [-0.2, -0.15) is 0 Å². The third kappa shape index (κ3) is 4.29. The maximum Gasteiger partial charge on any atom is 0.197 e. The number of fused-ring (bicyclic) bond motifs is 1. The van der Waals surface area contributed by atoms with Crippen LogP contribution in [0.2, 0.25) is 0 Å². The third-order valence-corrected chi connectivity index (χ3v) is 6.83. The summed E-state index contributed by atoms with van der Waals surface area (Å²) in [5, 5.41) is 0.549. The molecule has 32 heavy (non-hydrogen) atoms. The SMILES string of the molecule is O=S(CCCCCn1ccc2nccn21)c1nc(-c2ccccc2)c(-c2ccccc2)[nH]1. The molecule has 3 aromatic heterocycles. The highest BCUT2D eigenvalue weighted by atomic mass is 32.2. The molecular formula is C25H25N5OS. The number of aromatic amines is 1. The van der Waals surface area contributed by atoms with Gasteiger partial charge in [0.15, 0.2) is 10.8 Å². The smallest absolute Gasteiger partial charge is 0.197 e. The van der Waals surface area contributed by atoms with Crippen molar-refractivity contribution in [3.8, 4) is 22.5 Å². The number of hydrogen-bond donors (Lipinski definition) is 1. The van der Waals surface area contributed by atoms with Gasteiger partial charge in [0.25, 0.3) is 0 Å². The number of nitrogens with one attached hydrogen (secondary N) is 1. The van der Waals surface area contributed by atoms with Crippen molar-refractivity contribution in [2.45, 2.75) is 31.0 Å². The molecule has 0 aliphatic rings. The fraction of sp³-hybridized carbons (Fsp3) is 0.200. The first-order chi connectivity index (χ1) is 15.8. The summed E-state index contributed by atoms with van der Waals surface area (Å²) in [4.78, 5) is 12.4. The summed E-state index contributed by atoms with van der Waals surface area (Å²) in [7, 11) is -1.17. The minimum Gasteiger partial charge on any atom is -0.330 e. The predicted octanol–water partition coefficient (Wildman–Crippen LogP) is 5.17. The largest absolute Gasteiger partial charge is 0.330 e. The second kappa shape index (κ2) is 9.36. The Morgan fingerprint density at radius 2 is 1.59 bits per heavy atom. The number of hydrogen-bond acceptors (Lipinski definition) is 3. The van der Waals surface area contributed by atoms with Crippen LogP contribution in [0.4, 0.5) is 0 Å². The fourth-order valence-corrected chi connectivity index (χ4v) is 4.98. The van der Waals surface area contributed by atoms with Crippen molar-refractivity contribution in [3.05, 3.63) is 85.3 Å². The Morgan fingerprint density at radius 3 is 2.38 bits per heavy atom. The molecule has 1 atom stereocenters. The maximum absolute atomic E-state index is 13.0. The molecule has 5 aromatic rings. The number of rotatable bonds is 9. The van der Waals surface area contributed by atoms with Gasteiger partial charge >= 0.3 is 0 Å². The quantitative estimate of drug-likeness (QED) is 0.320. The van der Waals surface area contributed by atoms with Crippen LogP contribution in [0.25, 0.3) is 28.2 Å². The number of aromatic nitrogens is 5. The third-order valence-electron chi connectivity index (χ3n) is 5.55. The van der Waals surface area contributed by atoms with Crippen LogP contribution in [0.15, 0.2) is 90.5 Å². The van der Waals surface area contributed by atoms with E-state index in [0.29, 0.717) is 10.9 Å². The van der Waals surface area contributed by atoms with E-state index in [9.17, 15) is 4.21 Å². The van der Waals surface area contributed by atoms with Crippen LogP contribution in [0.5, 0.6) is 0 Å². The Hall–Kier alpha value is -3.45. The lowest BCUT2D eigenvalue weighted by molar-refractivity contribution is 0.531. The lowest BCUT2D eigenvalue weighted by atomic mass is 10.1. The Balaban J connectivity index is 1.24. The van der Waals surface area contributed by atoms with E-state index in [0.717, 1.165) is 54.0 Å². The normalized spacial score (nSPS) is 12.4. The van der Waals surface area contributed by atoms with E-state index in [-0.39, 0.29) is 0 Å². The molecule has 0 saturated carbocycles. The molecule has 7 heteroatoms. The van der Waals surface area contributed by atoms with Crippen molar-refractivity contribution in [3.63, 3.8) is 0 Å². The molecule has 1 unspecified atom stereocenters. The highest BCUT2D eigenvalue weighted by Gasteiger charge is 2.17. The summed E-state index contributed by atoms with van der Waals surface area (Å²) in [5.74, 6) is 0.599. The lowest BCUT2D eigenvalue weighted by Gasteiger charge is -2.05. The molecule has 6 nitrogen and oxygen atoms in total. The molecule has 0 radical (unpaired) electrons. The zero-order valence-electron chi connectivity index (χ0n) is 17.7. The van der Waals surface area contributed by atoms with Crippen LogP contribution >= 0.6 is 0 Å². The Bertz CT molecular complexity index is 1260. The van der Waals surface area contributed by atoms with Crippen molar-refractivity contribution in [1.82, 2.24) is 24.1 Å². The molecule has 0 amide bonds.